The molecule has 0 aliphatic carbocycles. The van der Waals surface area contributed by atoms with Gasteiger partial charge in [0.15, 0.2) is 0 Å². The van der Waals surface area contributed by atoms with Gasteiger partial charge in [-0.05, 0) is 68.8 Å². The van der Waals surface area contributed by atoms with Crippen LogP contribution in [0.2, 0.25) is 0 Å². The van der Waals surface area contributed by atoms with Crippen LogP contribution in [0, 0.1) is 6.92 Å². The molecule has 0 atom stereocenters. The Labute approximate surface area is 145 Å². The summed E-state index contributed by atoms with van der Waals surface area (Å²) in [7, 11) is 4.00. The fraction of sp³-hybridized carbons (Fsp3) is 0.350. The average Bonchev–Trinajstić information content (AvgIpc) is 2.57. The number of carbonyl (C=O) groups excluding carboxylic acids is 1. The Kier molecular flexibility index (Phi) is 5.85. The SMILES string of the molecule is CCN(CC)c1ccc(NC(=O)c2ccc(N(C)C)c(C)c2)cc1. The second-order valence-electron chi connectivity index (χ2n) is 6.07. The molecule has 0 heterocycles. The van der Waals surface area contributed by atoms with Gasteiger partial charge in [-0.2, -0.15) is 0 Å². The molecule has 2 rings (SSSR count). The molecule has 4 nitrogen and oxygen atoms in total. The highest BCUT2D eigenvalue weighted by molar-refractivity contribution is 6.04. The van der Waals surface area contributed by atoms with Crippen molar-refractivity contribution < 1.29 is 4.79 Å². The zero-order valence-electron chi connectivity index (χ0n) is 15.3. The molecule has 0 bridgehead atoms. The molecule has 1 amide bonds. The molecule has 2 aromatic carbocycles. The molecule has 0 spiro atoms. The Bertz CT molecular complexity index is 689. The third-order valence-electron chi connectivity index (χ3n) is 4.19. The number of carbonyl (C=O) groups is 1. The van der Waals surface area contributed by atoms with Crippen molar-refractivity contribution in [1.29, 1.82) is 0 Å². The van der Waals surface area contributed by atoms with Crippen LogP contribution in [-0.4, -0.2) is 33.1 Å². The van der Waals surface area contributed by atoms with Gasteiger partial charge in [0, 0.05) is 49.8 Å². The largest absolute Gasteiger partial charge is 0.377 e. The van der Waals surface area contributed by atoms with E-state index >= 15 is 0 Å². The summed E-state index contributed by atoms with van der Waals surface area (Å²) in [6.45, 7) is 8.24. The van der Waals surface area contributed by atoms with Crippen LogP contribution in [0.5, 0.6) is 0 Å². The number of nitrogens with one attached hydrogen (secondary N) is 1. The number of anilines is 3. The van der Waals surface area contributed by atoms with Gasteiger partial charge in [-0.3, -0.25) is 4.79 Å². The predicted molar refractivity (Wildman–Crippen MR) is 103 cm³/mol. The quantitative estimate of drug-likeness (QED) is 0.866. The zero-order valence-corrected chi connectivity index (χ0v) is 15.3. The lowest BCUT2D eigenvalue weighted by atomic mass is 10.1. The van der Waals surface area contributed by atoms with Crippen LogP contribution >= 0.6 is 0 Å². The first-order valence-corrected chi connectivity index (χ1v) is 8.40. The molecule has 24 heavy (non-hydrogen) atoms. The first-order valence-electron chi connectivity index (χ1n) is 8.40. The van der Waals surface area contributed by atoms with Crippen molar-refractivity contribution in [1.82, 2.24) is 0 Å². The Hall–Kier alpha value is -2.49. The minimum Gasteiger partial charge on any atom is -0.377 e. The van der Waals surface area contributed by atoms with Gasteiger partial charge < -0.3 is 15.1 Å². The van der Waals surface area contributed by atoms with Crippen LogP contribution in [0.4, 0.5) is 17.1 Å². The summed E-state index contributed by atoms with van der Waals surface area (Å²) in [4.78, 5) is 16.8. The van der Waals surface area contributed by atoms with Gasteiger partial charge in [0.25, 0.3) is 5.91 Å². The number of amides is 1. The van der Waals surface area contributed by atoms with Gasteiger partial charge in [-0.25, -0.2) is 0 Å². The summed E-state index contributed by atoms with van der Waals surface area (Å²) in [6.07, 6.45) is 0. The van der Waals surface area contributed by atoms with Crippen molar-refractivity contribution in [3.63, 3.8) is 0 Å². The standard InChI is InChI=1S/C20H27N3O/c1-6-23(7-2)18-11-9-17(10-12-18)21-20(24)16-8-13-19(22(4)5)15(3)14-16/h8-14H,6-7H2,1-5H3,(H,21,24). The minimum absolute atomic E-state index is 0.0843. The second-order valence-corrected chi connectivity index (χ2v) is 6.07. The van der Waals surface area contributed by atoms with Gasteiger partial charge in [0.05, 0.1) is 0 Å². The fourth-order valence-corrected chi connectivity index (χ4v) is 2.85. The summed E-state index contributed by atoms with van der Waals surface area (Å²) in [6, 6.07) is 13.8. The molecule has 0 saturated carbocycles. The number of aryl methyl sites for hydroxylation is 1. The molecular weight excluding hydrogens is 298 g/mol. The first kappa shape index (κ1) is 17.9. The molecular formula is C20H27N3O. The summed E-state index contributed by atoms with van der Waals surface area (Å²) < 4.78 is 0. The molecule has 0 saturated heterocycles. The zero-order chi connectivity index (χ0) is 17.7. The van der Waals surface area contributed by atoms with E-state index in [1.807, 2.05) is 68.4 Å². The summed E-state index contributed by atoms with van der Waals surface area (Å²) >= 11 is 0. The van der Waals surface area contributed by atoms with Gasteiger partial charge in [0.1, 0.15) is 0 Å². The number of benzene rings is 2. The Balaban J connectivity index is 2.11. The number of rotatable bonds is 6. The lowest BCUT2D eigenvalue weighted by Gasteiger charge is -2.21. The van der Waals surface area contributed by atoms with E-state index in [1.165, 1.54) is 5.69 Å². The molecule has 4 heteroatoms. The van der Waals surface area contributed by atoms with Gasteiger partial charge >= 0.3 is 0 Å². The Morgan fingerprint density at radius 3 is 2.12 bits per heavy atom. The number of nitrogens with zero attached hydrogens (tertiary/aromatic N) is 2. The van der Waals surface area contributed by atoms with Crippen molar-refractivity contribution in [2.75, 3.05) is 42.3 Å². The predicted octanol–water partition coefficient (Wildman–Crippen LogP) is 4.16. The van der Waals surface area contributed by atoms with Crippen LogP contribution in [0.3, 0.4) is 0 Å². The van der Waals surface area contributed by atoms with E-state index in [0.717, 1.165) is 30.0 Å². The molecule has 0 unspecified atom stereocenters. The summed E-state index contributed by atoms with van der Waals surface area (Å²) in [5.41, 5.74) is 4.86. The molecule has 1 N–H and O–H groups in total. The highest BCUT2D eigenvalue weighted by Gasteiger charge is 2.09. The van der Waals surface area contributed by atoms with Crippen molar-refractivity contribution in [2.24, 2.45) is 0 Å². The first-order chi connectivity index (χ1) is 11.5. The van der Waals surface area contributed by atoms with Crippen molar-refractivity contribution in [3.05, 3.63) is 53.6 Å². The van der Waals surface area contributed by atoms with Crippen LogP contribution in [0.1, 0.15) is 29.8 Å². The average molecular weight is 325 g/mol. The van der Waals surface area contributed by atoms with Crippen molar-refractivity contribution in [3.8, 4) is 0 Å². The maximum atomic E-state index is 12.4. The lowest BCUT2D eigenvalue weighted by Crippen LogP contribution is -2.21. The highest BCUT2D eigenvalue weighted by atomic mass is 16.1. The number of hydrogen-bond acceptors (Lipinski definition) is 3. The molecule has 0 aromatic heterocycles. The maximum Gasteiger partial charge on any atom is 0.255 e. The fourth-order valence-electron chi connectivity index (χ4n) is 2.85. The topological polar surface area (TPSA) is 35.6 Å². The maximum absolute atomic E-state index is 12.4. The van der Waals surface area contributed by atoms with Crippen molar-refractivity contribution in [2.45, 2.75) is 20.8 Å². The van der Waals surface area contributed by atoms with Crippen LogP contribution in [0.15, 0.2) is 42.5 Å². The van der Waals surface area contributed by atoms with Gasteiger partial charge in [0.2, 0.25) is 0 Å². The molecule has 0 aliphatic rings. The van der Waals surface area contributed by atoms with Gasteiger partial charge in [-0.1, -0.05) is 0 Å². The molecule has 0 aliphatic heterocycles. The van der Waals surface area contributed by atoms with E-state index < -0.39 is 0 Å². The molecule has 128 valence electrons. The number of hydrogen-bond donors (Lipinski definition) is 1. The van der Waals surface area contributed by atoms with E-state index in [1.54, 1.807) is 0 Å². The lowest BCUT2D eigenvalue weighted by molar-refractivity contribution is 0.102. The van der Waals surface area contributed by atoms with Crippen molar-refractivity contribution >= 4 is 23.0 Å². The second kappa shape index (κ2) is 7.86. The summed E-state index contributed by atoms with van der Waals surface area (Å²) in [5, 5.41) is 2.97. The smallest absolute Gasteiger partial charge is 0.255 e. The van der Waals surface area contributed by atoms with Crippen LogP contribution < -0.4 is 15.1 Å². The molecule has 0 radical (unpaired) electrons. The van der Waals surface area contributed by atoms with Crippen LogP contribution in [0.25, 0.3) is 0 Å². The Morgan fingerprint density at radius 2 is 1.62 bits per heavy atom. The normalized spacial score (nSPS) is 10.4. The van der Waals surface area contributed by atoms with E-state index in [0.29, 0.717) is 5.56 Å². The third-order valence-corrected chi connectivity index (χ3v) is 4.19. The minimum atomic E-state index is -0.0843. The van der Waals surface area contributed by atoms with E-state index in [9.17, 15) is 4.79 Å². The molecule has 2 aromatic rings. The Morgan fingerprint density at radius 1 is 1.00 bits per heavy atom. The summed E-state index contributed by atoms with van der Waals surface area (Å²) in [5.74, 6) is -0.0843. The monoisotopic (exact) mass is 325 g/mol. The van der Waals surface area contributed by atoms with Crippen LogP contribution in [-0.2, 0) is 0 Å². The van der Waals surface area contributed by atoms with E-state index in [-0.39, 0.29) is 5.91 Å². The van der Waals surface area contributed by atoms with E-state index in [2.05, 4.69) is 24.1 Å². The third kappa shape index (κ3) is 4.07. The van der Waals surface area contributed by atoms with E-state index in [4.69, 9.17) is 0 Å². The van der Waals surface area contributed by atoms with Gasteiger partial charge in [-0.15, -0.1) is 0 Å². The molecule has 0 fully saturated rings. The highest BCUT2D eigenvalue weighted by Crippen LogP contribution is 2.21.